The number of carbonyl (C=O) groups is 1. The van der Waals surface area contributed by atoms with E-state index in [1.807, 2.05) is 0 Å². The SMILES string of the molecule is CC(=O)C1CC(C2CCNCC2)CN1C. The summed E-state index contributed by atoms with van der Waals surface area (Å²) < 4.78 is 0. The molecule has 86 valence electrons. The second-order valence-corrected chi connectivity index (χ2v) is 5.15. The molecule has 2 unspecified atom stereocenters. The Morgan fingerprint density at radius 3 is 2.47 bits per heavy atom. The van der Waals surface area contributed by atoms with Crippen molar-refractivity contribution in [3.8, 4) is 0 Å². The van der Waals surface area contributed by atoms with Crippen LogP contribution in [-0.2, 0) is 4.79 Å². The number of nitrogens with zero attached hydrogens (tertiary/aromatic N) is 1. The van der Waals surface area contributed by atoms with E-state index in [-0.39, 0.29) is 6.04 Å². The molecule has 0 aromatic heterocycles. The van der Waals surface area contributed by atoms with Crippen LogP contribution < -0.4 is 5.32 Å². The van der Waals surface area contributed by atoms with E-state index in [0.717, 1.165) is 37.9 Å². The van der Waals surface area contributed by atoms with Gasteiger partial charge >= 0.3 is 0 Å². The fourth-order valence-corrected chi connectivity index (χ4v) is 3.17. The number of nitrogens with one attached hydrogen (secondary N) is 1. The lowest BCUT2D eigenvalue weighted by Crippen LogP contribution is -2.32. The smallest absolute Gasteiger partial charge is 0.146 e. The van der Waals surface area contributed by atoms with Crippen LogP contribution in [0.5, 0.6) is 0 Å². The Hall–Kier alpha value is -0.410. The summed E-state index contributed by atoms with van der Waals surface area (Å²) in [6.07, 6.45) is 3.68. The van der Waals surface area contributed by atoms with Crippen molar-refractivity contribution in [3.63, 3.8) is 0 Å². The summed E-state index contributed by atoms with van der Waals surface area (Å²) in [5.41, 5.74) is 0. The van der Waals surface area contributed by atoms with E-state index >= 15 is 0 Å². The first-order valence-corrected chi connectivity index (χ1v) is 6.10. The standard InChI is InChI=1S/C12H22N2O/c1-9(15)12-7-11(8-14(12)2)10-3-5-13-6-4-10/h10-13H,3-8H2,1-2H3. The fraction of sp³-hybridized carbons (Fsp3) is 0.917. The van der Waals surface area contributed by atoms with Gasteiger partial charge in [0, 0.05) is 6.54 Å². The van der Waals surface area contributed by atoms with Gasteiger partial charge in [-0.2, -0.15) is 0 Å². The zero-order valence-corrected chi connectivity index (χ0v) is 9.83. The Labute approximate surface area is 92.2 Å². The summed E-state index contributed by atoms with van der Waals surface area (Å²) in [7, 11) is 2.09. The molecule has 2 heterocycles. The Kier molecular flexibility index (Phi) is 3.42. The first-order chi connectivity index (χ1) is 7.18. The first-order valence-electron chi connectivity index (χ1n) is 6.10. The highest BCUT2D eigenvalue weighted by molar-refractivity contribution is 5.81. The lowest BCUT2D eigenvalue weighted by Gasteiger charge is -2.27. The number of ketones is 1. The average Bonchev–Trinajstić information content (AvgIpc) is 2.62. The second kappa shape index (κ2) is 4.62. The van der Waals surface area contributed by atoms with E-state index < -0.39 is 0 Å². The van der Waals surface area contributed by atoms with Crippen molar-refractivity contribution in [2.75, 3.05) is 26.7 Å². The van der Waals surface area contributed by atoms with E-state index in [2.05, 4.69) is 17.3 Å². The monoisotopic (exact) mass is 210 g/mol. The third-order valence-corrected chi connectivity index (χ3v) is 4.10. The molecular formula is C12H22N2O. The number of carbonyl (C=O) groups excluding carboxylic acids is 1. The van der Waals surface area contributed by atoms with Crippen molar-refractivity contribution in [1.82, 2.24) is 10.2 Å². The summed E-state index contributed by atoms with van der Waals surface area (Å²) >= 11 is 0. The molecule has 3 nitrogen and oxygen atoms in total. The zero-order chi connectivity index (χ0) is 10.8. The summed E-state index contributed by atoms with van der Waals surface area (Å²) in [5.74, 6) is 1.94. The van der Waals surface area contributed by atoms with Gasteiger partial charge in [0.25, 0.3) is 0 Å². The molecule has 2 rings (SSSR count). The molecule has 15 heavy (non-hydrogen) atoms. The minimum Gasteiger partial charge on any atom is -0.317 e. The van der Waals surface area contributed by atoms with Crippen molar-refractivity contribution in [3.05, 3.63) is 0 Å². The number of hydrogen-bond donors (Lipinski definition) is 1. The highest BCUT2D eigenvalue weighted by Crippen LogP contribution is 2.32. The van der Waals surface area contributed by atoms with Crippen LogP contribution >= 0.6 is 0 Å². The number of hydrogen-bond acceptors (Lipinski definition) is 3. The Morgan fingerprint density at radius 1 is 1.27 bits per heavy atom. The van der Waals surface area contributed by atoms with Crippen LogP contribution in [0.15, 0.2) is 0 Å². The molecule has 0 radical (unpaired) electrons. The van der Waals surface area contributed by atoms with Crippen LogP contribution in [0, 0.1) is 11.8 Å². The normalized spacial score (nSPS) is 34.5. The summed E-state index contributed by atoms with van der Waals surface area (Å²) in [5, 5.41) is 3.40. The van der Waals surface area contributed by atoms with Crippen LogP contribution in [0.4, 0.5) is 0 Å². The lowest BCUT2D eigenvalue weighted by molar-refractivity contribution is -0.120. The maximum Gasteiger partial charge on any atom is 0.146 e. The van der Waals surface area contributed by atoms with Gasteiger partial charge < -0.3 is 5.32 Å². The highest BCUT2D eigenvalue weighted by atomic mass is 16.1. The molecule has 2 aliphatic heterocycles. The van der Waals surface area contributed by atoms with Gasteiger partial charge in [0.2, 0.25) is 0 Å². The molecule has 2 saturated heterocycles. The Balaban J connectivity index is 1.92. The topological polar surface area (TPSA) is 32.3 Å². The molecule has 2 atom stereocenters. The van der Waals surface area contributed by atoms with Crippen LogP contribution in [0.2, 0.25) is 0 Å². The molecule has 2 fully saturated rings. The molecule has 0 aromatic carbocycles. The van der Waals surface area contributed by atoms with Crippen molar-refractivity contribution < 1.29 is 4.79 Å². The third kappa shape index (κ3) is 2.40. The molecule has 0 saturated carbocycles. The van der Waals surface area contributed by atoms with Gasteiger partial charge in [0.05, 0.1) is 6.04 Å². The van der Waals surface area contributed by atoms with Gasteiger partial charge in [-0.3, -0.25) is 9.69 Å². The van der Waals surface area contributed by atoms with Gasteiger partial charge in [-0.1, -0.05) is 0 Å². The number of likely N-dealkylation sites (tertiary alicyclic amines) is 1. The first kappa shape index (κ1) is 11.1. The fourth-order valence-electron chi connectivity index (χ4n) is 3.17. The number of likely N-dealkylation sites (N-methyl/N-ethyl adjacent to an activating group) is 1. The van der Waals surface area contributed by atoms with Crippen molar-refractivity contribution in [2.45, 2.75) is 32.2 Å². The molecule has 0 aromatic rings. The number of Topliss-reactive ketones (excluding diaryl/α,β-unsaturated/α-hetero) is 1. The quantitative estimate of drug-likeness (QED) is 0.735. The molecule has 0 aliphatic carbocycles. The summed E-state index contributed by atoms with van der Waals surface area (Å²) in [6, 6.07) is 0.199. The predicted octanol–water partition coefficient (Wildman–Crippen LogP) is 0.895. The highest BCUT2D eigenvalue weighted by Gasteiger charge is 2.36. The molecule has 0 bridgehead atoms. The molecule has 0 spiro atoms. The van der Waals surface area contributed by atoms with Crippen molar-refractivity contribution >= 4 is 5.78 Å². The molecule has 2 aliphatic rings. The minimum atomic E-state index is 0.199. The van der Waals surface area contributed by atoms with Gasteiger partial charge in [0.1, 0.15) is 5.78 Å². The third-order valence-electron chi connectivity index (χ3n) is 4.10. The summed E-state index contributed by atoms with van der Waals surface area (Å²) in [4.78, 5) is 13.7. The molecular weight excluding hydrogens is 188 g/mol. The zero-order valence-electron chi connectivity index (χ0n) is 9.83. The van der Waals surface area contributed by atoms with E-state index in [9.17, 15) is 4.79 Å². The van der Waals surface area contributed by atoms with Gasteiger partial charge in [0.15, 0.2) is 0 Å². The van der Waals surface area contributed by atoms with Crippen molar-refractivity contribution in [1.29, 1.82) is 0 Å². The van der Waals surface area contributed by atoms with Gasteiger partial charge in [-0.25, -0.2) is 0 Å². The van der Waals surface area contributed by atoms with Crippen LogP contribution in [0.3, 0.4) is 0 Å². The minimum absolute atomic E-state index is 0.199. The number of piperidine rings is 1. The molecule has 3 heteroatoms. The van der Waals surface area contributed by atoms with Crippen LogP contribution in [0.25, 0.3) is 0 Å². The van der Waals surface area contributed by atoms with Crippen molar-refractivity contribution in [2.24, 2.45) is 11.8 Å². The maximum atomic E-state index is 11.4. The van der Waals surface area contributed by atoms with Crippen LogP contribution in [0.1, 0.15) is 26.2 Å². The largest absolute Gasteiger partial charge is 0.317 e. The summed E-state index contributed by atoms with van der Waals surface area (Å²) in [6.45, 7) is 5.17. The van der Waals surface area contributed by atoms with E-state index in [1.54, 1.807) is 6.92 Å². The van der Waals surface area contributed by atoms with E-state index in [0.29, 0.717) is 5.78 Å². The average molecular weight is 210 g/mol. The van der Waals surface area contributed by atoms with Gasteiger partial charge in [-0.05, 0) is 58.2 Å². The second-order valence-electron chi connectivity index (χ2n) is 5.15. The van der Waals surface area contributed by atoms with Crippen LogP contribution in [-0.4, -0.2) is 43.4 Å². The van der Waals surface area contributed by atoms with E-state index in [4.69, 9.17) is 0 Å². The number of rotatable bonds is 2. The molecule has 1 N–H and O–H groups in total. The van der Waals surface area contributed by atoms with E-state index in [1.165, 1.54) is 12.8 Å². The lowest BCUT2D eigenvalue weighted by atomic mass is 9.83. The predicted molar refractivity (Wildman–Crippen MR) is 60.8 cm³/mol. The molecule has 0 amide bonds. The maximum absolute atomic E-state index is 11.4. The van der Waals surface area contributed by atoms with Gasteiger partial charge in [-0.15, -0.1) is 0 Å². The Morgan fingerprint density at radius 2 is 1.93 bits per heavy atom. The Bertz CT molecular complexity index is 236.